The smallest absolute Gasteiger partial charge is 0.310 e. The van der Waals surface area contributed by atoms with E-state index in [-0.39, 0.29) is 23.6 Å². The van der Waals surface area contributed by atoms with E-state index in [1.807, 2.05) is 0 Å². The highest BCUT2D eigenvalue weighted by Gasteiger charge is 2.71. The van der Waals surface area contributed by atoms with E-state index in [4.69, 9.17) is 9.47 Å². The Morgan fingerprint density at radius 1 is 1.29 bits per heavy atom. The molecule has 0 aromatic heterocycles. The number of rotatable bonds is 2. The molecule has 0 spiro atoms. The number of allylic oxidation sites excluding steroid dienone is 1. The summed E-state index contributed by atoms with van der Waals surface area (Å²) in [6, 6.07) is 0. The summed E-state index contributed by atoms with van der Waals surface area (Å²) in [5.41, 5.74) is 1.31. The fraction of sp³-hybridized carbons (Fsp3) is 0.850. The van der Waals surface area contributed by atoms with E-state index in [1.54, 1.807) is 0 Å². The van der Waals surface area contributed by atoms with E-state index in [9.17, 15) is 4.79 Å². The van der Waals surface area contributed by atoms with Crippen molar-refractivity contribution in [3.63, 3.8) is 0 Å². The summed E-state index contributed by atoms with van der Waals surface area (Å²) in [4.78, 5) is 15.2. The molecule has 3 heterocycles. The zero-order chi connectivity index (χ0) is 16.5. The van der Waals surface area contributed by atoms with Crippen molar-refractivity contribution >= 4 is 5.97 Å². The van der Waals surface area contributed by atoms with Crippen molar-refractivity contribution in [2.45, 2.75) is 63.3 Å². The molecule has 5 rings (SSSR count). The predicted molar refractivity (Wildman–Crippen MR) is 90.4 cm³/mol. The van der Waals surface area contributed by atoms with Gasteiger partial charge in [0.2, 0.25) is 0 Å². The first-order valence-corrected chi connectivity index (χ1v) is 9.86. The highest BCUT2D eigenvalue weighted by Crippen LogP contribution is 2.63. The molecule has 2 aliphatic carbocycles. The van der Waals surface area contributed by atoms with Gasteiger partial charge < -0.3 is 14.4 Å². The zero-order valence-corrected chi connectivity index (χ0v) is 14.7. The summed E-state index contributed by atoms with van der Waals surface area (Å²) in [5, 5.41) is 0. The summed E-state index contributed by atoms with van der Waals surface area (Å²) in [7, 11) is 0. The van der Waals surface area contributed by atoms with Gasteiger partial charge >= 0.3 is 5.97 Å². The van der Waals surface area contributed by atoms with E-state index in [0.29, 0.717) is 23.9 Å². The molecule has 0 bridgehead atoms. The van der Waals surface area contributed by atoms with Crippen molar-refractivity contribution in [1.29, 1.82) is 0 Å². The molecule has 5 aliphatic rings. The van der Waals surface area contributed by atoms with Gasteiger partial charge in [0.1, 0.15) is 6.10 Å². The Morgan fingerprint density at radius 3 is 2.88 bits per heavy atom. The van der Waals surface area contributed by atoms with Gasteiger partial charge in [0.25, 0.3) is 0 Å². The van der Waals surface area contributed by atoms with Crippen LogP contribution in [0.3, 0.4) is 0 Å². The van der Waals surface area contributed by atoms with Crippen molar-refractivity contribution in [2.24, 2.45) is 23.7 Å². The lowest BCUT2D eigenvalue weighted by molar-refractivity contribution is -0.147. The molecule has 3 aliphatic heterocycles. The van der Waals surface area contributed by atoms with Crippen LogP contribution in [0.4, 0.5) is 0 Å². The van der Waals surface area contributed by atoms with Gasteiger partial charge in [0.15, 0.2) is 0 Å². The minimum atomic E-state index is -0.0683. The van der Waals surface area contributed by atoms with Gasteiger partial charge in [-0.3, -0.25) is 4.79 Å². The van der Waals surface area contributed by atoms with Gasteiger partial charge in [-0.15, -0.1) is 0 Å². The average molecular weight is 331 g/mol. The van der Waals surface area contributed by atoms with Crippen molar-refractivity contribution in [3.05, 3.63) is 12.2 Å². The van der Waals surface area contributed by atoms with Crippen LogP contribution < -0.4 is 0 Å². The largest absolute Gasteiger partial charge is 0.461 e. The maximum absolute atomic E-state index is 12.7. The SMILES string of the molecule is C=C1CC[C@H]2C(CN3CCCCC3)C(=O)O[C@@H]2[C@@H]2[C@H]1C[C@H]1O[C@@]21C. The Labute approximate surface area is 144 Å². The number of ether oxygens (including phenoxy) is 2. The second kappa shape index (κ2) is 5.31. The van der Waals surface area contributed by atoms with Crippen molar-refractivity contribution in [2.75, 3.05) is 19.6 Å². The van der Waals surface area contributed by atoms with Gasteiger partial charge in [-0.25, -0.2) is 0 Å². The first-order chi connectivity index (χ1) is 11.6. The summed E-state index contributed by atoms with van der Waals surface area (Å²) < 4.78 is 12.0. The maximum atomic E-state index is 12.7. The Balaban J connectivity index is 1.40. The van der Waals surface area contributed by atoms with Crippen LogP contribution in [-0.4, -0.2) is 48.3 Å². The molecular formula is C20H29NO3. The number of carbonyl (C=O) groups excluding carboxylic acids is 1. The quantitative estimate of drug-likeness (QED) is 0.443. The van der Waals surface area contributed by atoms with Crippen molar-refractivity contribution < 1.29 is 14.3 Å². The third-order valence-corrected chi connectivity index (χ3v) is 7.62. The highest BCUT2D eigenvalue weighted by atomic mass is 16.6. The lowest BCUT2D eigenvalue weighted by Gasteiger charge is -2.32. The summed E-state index contributed by atoms with van der Waals surface area (Å²) in [5.74, 6) is 1.28. The number of hydrogen-bond acceptors (Lipinski definition) is 4. The maximum Gasteiger partial charge on any atom is 0.310 e. The summed E-state index contributed by atoms with van der Waals surface area (Å²) in [6.45, 7) is 9.79. The number of nitrogens with zero attached hydrogens (tertiary/aromatic N) is 1. The Bertz CT molecular complexity index is 569. The monoisotopic (exact) mass is 331 g/mol. The minimum absolute atomic E-state index is 0.0500. The average Bonchev–Trinajstić information content (AvgIpc) is 3.05. The van der Waals surface area contributed by atoms with Crippen LogP contribution >= 0.6 is 0 Å². The molecule has 3 saturated heterocycles. The molecule has 0 aromatic carbocycles. The van der Waals surface area contributed by atoms with E-state index >= 15 is 0 Å². The molecule has 2 saturated carbocycles. The fourth-order valence-corrected chi connectivity index (χ4v) is 6.19. The van der Waals surface area contributed by atoms with E-state index in [2.05, 4.69) is 18.4 Å². The molecule has 0 aromatic rings. The van der Waals surface area contributed by atoms with Crippen molar-refractivity contribution in [1.82, 2.24) is 4.90 Å². The first kappa shape index (κ1) is 15.4. The third kappa shape index (κ3) is 2.15. The summed E-state index contributed by atoms with van der Waals surface area (Å²) >= 11 is 0. The Hall–Kier alpha value is -0.870. The normalized spacial score (nSPS) is 50.7. The number of piperidine rings is 1. The van der Waals surface area contributed by atoms with Crippen LogP contribution in [0.2, 0.25) is 0 Å². The summed E-state index contributed by atoms with van der Waals surface area (Å²) in [6.07, 6.45) is 7.47. The van der Waals surface area contributed by atoms with Gasteiger partial charge in [-0.1, -0.05) is 18.6 Å². The van der Waals surface area contributed by atoms with E-state index in [1.165, 1.54) is 24.8 Å². The number of esters is 1. The minimum Gasteiger partial charge on any atom is -0.461 e. The highest BCUT2D eigenvalue weighted by molar-refractivity contribution is 5.75. The molecule has 0 N–H and O–H groups in total. The zero-order valence-electron chi connectivity index (χ0n) is 14.7. The number of likely N-dealkylation sites (tertiary alicyclic amines) is 1. The first-order valence-electron chi connectivity index (χ1n) is 9.86. The lowest BCUT2D eigenvalue weighted by Crippen LogP contribution is -2.40. The lowest BCUT2D eigenvalue weighted by atomic mass is 9.77. The molecule has 4 nitrogen and oxygen atoms in total. The van der Waals surface area contributed by atoms with Gasteiger partial charge in [-0.05, 0) is 58.0 Å². The molecular weight excluding hydrogens is 302 g/mol. The van der Waals surface area contributed by atoms with Crippen LogP contribution in [0.5, 0.6) is 0 Å². The fourth-order valence-electron chi connectivity index (χ4n) is 6.19. The second-order valence-electron chi connectivity index (χ2n) is 8.89. The van der Waals surface area contributed by atoms with Gasteiger partial charge in [0, 0.05) is 18.4 Å². The third-order valence-electron chi connectivity index (χ3n) is 7.62. The van der Waals surface area contributed by atoms with Gasteiger partial charge in [0.05, 0.1) is 17.6 Å². The number of epoxide rings is 1. The van der Waals surface area contributed by atoms with Crippen LogP contribution in [0.15, 0.2) is 12.2 Å². The number of hydrogen-bond donors (Lipinski definition) is 0. The number of fused-ring (bicyclic) bond motifs is 5. The Morgan fingerprint density at radius 2 is 2.08 bits per heavy atom. The van der Waals surface area contributed by atoms with Gasteiger partial charge in [-0.2, -0.15) is 0 Å². The topological polar surface area (TPSA) is 42.1 Å². The molecule has 5 fully saturated rings. The molecule has 0 radical (unpaired) electrons. The number of carbonyl (C=O) groups is 1. The second-order valence-corrected chi connectivity index (χ2v) is 8.89. The molecule has 4 heteroatoms. The van der Waals surface area contributed by atoms with Crippen LogP contribution in [0.25, 0.3) is 0 Å². The van der Waals surface area contributed by atoms with Crippen molar-refractivity contribution in [3.8, 4) is 0 Å². The molecule has 0 amide bonds. The molecule has 7 atom stereocenters. The molecule has 1 unspecified atom stereocenters. The van der Waals surface area contributed by atoms with Crippen LogP contribution in [0.1, 0.15) is 45.4 Å². The predicted octanol–water partition coefficient (Wildman–Crippen LogP) is 2.77. The van der Waals surface area contributed by atoms with Crippen LogP contribution in [0, 0.1) is 23.7 Å². The van der Waals surface area contributed by atoms with E-state index in [0.717, 1.165) is 38.9 Å². The standard InChI is InChI=1S/C20H29NO3/c1-12-6-7-13-15(11-21-8-4-3-5-9-21)19(22)23-18(13)17-14(12)10-16-20(17,2)24-16/h13-18H,1,3-11H2,2H3/t13-,14-,15?,16+,17-,18-,20+/m0/s1. The van der Waals surface area contributed by atoms with Crippen LogP contribution in [-0.2, 0) is 14.3 Å². The Kier molecular flexibility index (Phi) is 3.41. The molecule has 24 heavy (non-hydrogen) atoms. The van der Waals surface area contributed by atoms with E-state index < -0.39 is 0 Å². The molecule has 132 valence electrons.